The monoisotopic (exact) mass is 417 g/mol. The van der Waals surface area contributed by atoms with Crippen LogP contribution < -0.4 is 15.1 Å². The second-order valence-electron chi connectivity index (χ2n) is 5.99. The predicted molar refractivity (Wildman–Crippen MR) is 105 cm³/mol. The van der Waals surface area contributed by atoms with Crippen LogP contribution in [0.2, 0.25) is 0 Å². The number of halogens is 1. The number of phenols is 1. The van der Waals surface area contributed by atoms with E-state index in [0.717, 1.165) is 25.1 Å². The van der Waals surface area contributed by atoms with Crippen molar-refractivity contribution in [2.24, 2.45) is 5.10 Å². The smallest absolute Gasteiger partial charge is 0.259 e. The number of carbonyl (C=O) groups excluding carboxylic acids is 1. The lowest BCUT2D eigenvalue weighted by molar-refractivity contribution is -0.119. The number of nitrogens with one attached hydrogen (secondary N) is 1. The average molecular weight is 418 g/mol. The molecule has 0 aromatic heterocycles. The van der Waals surface area contributed by atoms with Gasteiger partial charge in [0.1, 0.15) is 0 Å². The fourth-order valence-electron chi connectivity index (χ4n) is 2.98. The molecule has 6 nitrogen and oxygen atoms in total. The molecule has 0 spiro atoms. The van der Waals surface area contributed by atoms with E-state index in [4.69, 9.17) is 4.74 Å². The van der Waals surface area contributed by atoms with Gasteiger partial charge in [-0.3, -0.25) is 4.79 Å². The van der Waals surface area contributed by atoms with Crippen molar-refractivity contribution in [2.45, 2.75) is 12.8 Å². The molecule has 1 amide bonds. The molecule has 2 aromatic carbocycles. The number of methoxy groups -OCH3 is 1. The Kier molecular flexibility index (Phi) is 5.78. The molecule has 0 bridgehead atoms. The van der Waals surface area contributed by atoms with Gasteiger partial charge < -0.3 is 14.7 Å². The Morgan fingerprint density at radius 1 is 1.42 bits per heavy atom. The molecule has 1 aliphatic heterocycles. The lowest BCUT2D eigenvalue weighted by Gasteiger charge is -2.30. The molecular formula is C19H20BrN3O3. The SMILES string of the molecule is COc1cc(Br)c(/C=N\NC(=O)CN2CCCc3ccccc32)cc1O. The highest BCUT2D eigenvalue weighted by atomic mass is 79.9. The molecule has 7 heteroatoms. The maximum Gasteiger partial charge on any atom is 0.259 e. The first kappa shape index (κ1) is 18.3. The molecule has 2 N–H and O–H groups in total. The van der Waals surface area contributed by atoms with E-state index in [2.05, 4.69) is 37.4 Å². The van der Waals surface area contributed by atoms with Crippen LogP contribution in [0.3, 0.4) is 0 Å². The van der Waals surface area contributed by atoms with Crippen molar-refractivity contribution in [1.29, 1.82) is 0 Å². The quantitative estimate of drug-likeness (QED) is 0.578. The van der Waals surface area contributed by atoms with Gasteiger partial charge in [-0.25, -0.2) is 5.43 Å². The number of hydrogen-bond donors (Lipinski definition) is 2. The van der Waals surface area contributed by atoms with Crippen LogP contribution in [0.4, 0.5) is 5.69 Å². The number of rotatable bonds is 5. The number of para-hydroxylation sites is 1. The molecule has 0 saturated heterocycles. The standard InChI is InChI=1S/C19H20BrN3O3/c1-26-18-10-15(20)14(9-17(18)24)11-21-22-19(25)12-23-8-4-6-13-5-2-3-7-16(13)23/h2-3,5,7,9-11,24H,4,6,8,12H2,1H3,(H,22,25)/b21-11-. The minimum atomic E-state index is -0.188. The summed E-state index contributed by atoms with van der Waals surface area (Å²) in [6.07, 6.45) is 3.55. The zero-order chi connectivity index (χ0) is 18.5. The maximum atomic E-state index is 12.2. The van der Waals surface area contributed by atoms with Crippen LogP contribution >= 0.6 is 15.9 Å². The number of phenolic OH excluding ortho intramolecular Hbond substituents is 1. The first-order chi connectivity index (χ1) is 12.6. The fourth-order valence-corrected chi connectivity index (χ4v) is 3.41. The molecule has 1 heterocycles. The summed E-state index contributed by atoms with van der Waals surface area (Å²) >= 11 is 3.38. The van der Waals surface area contributed by atoms with Crippen molar-refractivity contribution >= 4 is 33.7 Å². The topological polar surface area (TPSA) is 74.2 Å². The Balaban J connectivity index is 1.62. The van der Waals surface area contributed by atoms with E-state index in [1.165, 1.54) is 25.0 Å². The zero-order valence-corrected chi connectivity index (χ0v) is 16.0. The molecule has 0 unspecified atom stereocenters. The summed E-state index contributed by atoms with van der Waals surface area (Å²) < 4.78 is 5.74. The molecular weight excluding hydrogens is 398 g/mol. The molecule has 2 aromatic rings. The normalized spacial score (nSPS) is 13.5. The number of aromatic hydroxyl groups is 1. The molecule has 0 saturated carbocycles. The van der Waals surface area contributed by atoms with Gasteiger partial charge in [-0.15, -0.1) is 0 Å². The van der Waals surface area contributed by atoms with Crippen molar-refractivity contribution in [1.82, 2.24) is 5.43 Å². The molecule has 136 valence electrons. The van der Waals surface area contributed by atoms with E-state index < -0.39 is 0 Å². The largest absolute Gasteiger partial charge is 0.504 e. The van der Waals surface area contributed by atoms with E-state index in [1.807, 2.05) is 18.2 Å². The first-order valence-electron chi connectivity index (χ1n) is 8.29. The minimum Gasteiger partial charge on any atom is -0.504 e. The Morgan fingerprint density at radius 2 is 2.23 bits per heavy atom. The van der Waals surface area contributed by atoms with E-state index in [-0.39, 0.29) is 18.2 Å². The van der Waals surface area contributed by atoms with E-state index in [9.17, 15) is 9.90 Å². The van der Waals surface area contributed by atoms with Gasteiger partial charge in [0.15, 0.2) is 11.5 Å². The third kappa shape index (κ3) is 4.16. The summed E-state index contributed by atoms with van der Waals surface area (Å²) in [6.45, 7) is 1.11. The summed E-state index contributed by atoms with van der Waals surface area (Å²) in [5.41, 5.74) is 5.55. The van der Waals surface area contributed by atoms with Crippen molar-refractivity contribution < 1.29 is 14.6 Å². The highest BCUT2D eigenvalue weighted by Crippen LogP contribution is 2.31. The second-order valence-corrected chi connectivity index (χ2v) is 6.85. The van der Waals surface area contributed by atoms with Crippen molar-refractivity contribution in [3.63, 3.8) is 0 Å². The van der Waals surface area contributed by atoms with Gasteiger partial charge in [0.25, 0.3) is 5.91 Å². The van der Waals surface area contributed by atoms with Crippen LogP contribution in [-0.4, -0.2) is 37.4 Å². The Hall–Kier alpha value is -2.54. The number of benzene rings is 2. The van der Waals surface area contributed by atoms with Crippen molar-refractivity contribution in [3.8, 4) is 11.5 Å². The number of anilines is 1. The van der Waals surface area contributed by atoms with Crippen molar-refractivity contribution in [2.75, 3.05) is 25.1 Å². The third-order valence-electron chi connectivity index (χ3n) is 4.23. The molecule has 0 fully saturated rings. The zero-order valence-electron chi connectivity index (χ0n) is 14.4. The molecule has 1 aliphatic rings. The second kappa shape index (κ2) is 8.23. The van der Waals surface area contributed by atoms with Gasteiger partial charge in [-0.2, -0.15) is 5.10 Å². The lowest BCUT2D eigenvalue weighted by atomic mass is 10.0. The molecule has 0 radical (unpaired) electrons. The number of hydrogen-bond acceptors (Lipinski definition) is 5. The average Bonchev–Trinajstić information content (AvgIpc) is 2.64. The van der Waals surface area contributed by atoms with Gasteiger partial charge in [0.2, 0.25) is 0 Å². The fraction of sp³-hybridized carbons (Fsp3) is 0.263. The molecule has 0 atom stereocenters. The van der Waals surface area contributed by atoms with Gasteiger partial charge in [0.05, 0.1) is 19.9 Å². The number of aryl methyl sites for hydroxylation is 1. The molecule has 0 aliphatic carbocycles. The van der Waals surface area contributed by atoms with Gasteiger partial charge in [-0.1, -0.05) is 18.2 Å². The molecule has 3 rings (SSSR count). The van der Waals surface area contributed by atoms with Gasteiger partial charge >= 0.3 is 0 Å². The highest BCUT2D eigenvalue weighted by molar-refractivity contribution is 9.10. The predicted octanol–water partition coefficient (Wildman–Crippen LogP) is 3.07. The van der Waals surface area contributed by atoms with E-state index >= 15 is 0 Å². The van der Waals surface area contributed by atoms with Gasteiger partial charge in [-0.05, 0) is 52.5 Å². The number of nitrogens with zero attached hydrogens (tertiary/aromatic N) is 2. The Bertz CT molecular complexity index is 839. The number of hydrazone groups is 1. The Morgan fingerprint density at radius 3 is 3.04 bits per heavy atom. The van der Waals surface area contributed by atoms with Crippen LogP contribution in [0.25, 0.3) is 0 Å². The lowest BCUT2D eigenvalue weighted by Crippen LogP contribution is -2.38. The van der Waals surface area contributed by atoms with E-state index in [1.54, 1.807) is 6.07 Å². The summed E-state index contributed by atoms with van der Waals surface area (Å²) in [5, 5.41) is 13.8. The van der Waals surface area contributed by atoms with Gasteiger partial charge in [0, 0.05) is 22.3 Å². The highest BCUT2D eigenvalue weighted by Gasteiger charge is 2.18. The number of fused-ring (bicyclic) bond motifs is 1. The van der Waals surface area contributed by atoms with Crippen molar-refractivity contribution in [3.05, 3.63) is 52.0 Å². The summed E-state index contributed by atoms with van der Waals surface area (Å²) in [5.74, 6) is 0.182. The van der Waals surface area contributed by atoms with E-state index in [0.29, 0.717) is 15.8 Å². The maximum absolute atomic E-state index is 12.2. The summed E-state index contributed by atoms with van der Waals surface area (Å²) in [7, 11) is 1.48. The first-order valence-corrected chi connectivity index (χ1v) is 9.09. The molecule has 26 heavy (non-hydrogen) atoms. The number of amides is 1. The minimum absolute atomic E-state index is 0.00778. The van der Waals surface area contributed by atoms with Crippen LogP contribution in [0, 0.1) is 0 Å². The van der Waals surface area contributed by atoms with Crippen LogP contribution in [0.15, 0.2) is 46.0 Å². The summed E-state index contributed by atoms with van der Waals surface area (Å²) in [6, 6.07) is 11.3. The third-order valence-corrected chi connectivity index (χ3v) is 4.92. The van der Waals surface area contributed by atoms with Crippen LogP contribution in [-0.2, 0) is 11.2 Å². The summed E-state index contributed by atoms with van der Waals surface area (Å²) in [4.78, 5) is 14.3. The van der Waals surface area contributed by atoms with Crippen LogP contribution in [0.1, 0.15) is 17.5 Å². The Labute approximate surface area is 160 Å². The number of carbonyl (C=O) groups is 1. The van der Waals surface area contributed by atoms with Crippen LogP contribution in [0.5, 0.6) is 11.5 Å². The number of ether oxygens (including phenoxy) is 1.